The van der Waals surface area contributed by atoms with Crippen molar-refractivity contribution in [3.63, 3.8) is 0 Å². The van der Waals surface area contributed by atoms with Gasteiger partial charge in [-0.3, -0.25) is 9.36 Å². The molecule has 0 bridgehead atoms. The van der Waals surface area contributed by atoms with Crippen LogP contribution in [0.1, 0.15) is 29.7 Å². The molecule has 3 aromatic carbocycles. The van der Waals surface area contributed by atoms with E-state index in [1.807, 2.05) is 79.1 Å². The first-order chi connectivity index (χ1) is 18.0. The molecule has 1 aliphatic heterocycles. The van der Waals surface area contributed by atoms with E-state index in [4.69, 9.17) is 21.3 Å². The number of fused-ring (bicyclic) bond motifs is 1. The number of nitrogens with zero attached hydrogens (tertiary/aromatic N) is 2. The molecule has 2 heterocycles. The van der Waals surface area contributed by atoms with E-state index >= 15 is 0 Å². The van der Waals surface area contributed by atoms with Crippen molar-refractivity contribution >= 4 is 52.4 Å². The summed E-state index contributed by atoms with van der Waals surface area (Å²) in [6.45, 7) is 1.98. The molecule has 37 heavy (non-hydrogen) atoms. The fourth-order valence-corrected chi connectivity index (χ4v) is 5.79. The highest BCUT2D eigenvalue weighted by Gasteiger charge is 2.35. The summed E-state index contributed by atoms with van der Waals surface area (Å²) in [5.41, 5.74) is 3.08. The van der Waals surface area contributed by atoms with Gasteiger partial charge in [0.25, 0.3) is 5.56 Å². The normalized spacial score (nSPS) is 15.3. The highest BCUT2D eigenvalue weighted by Crippen LogP contribution is 2.35. The zero-order chi connectivity index (χ0) is 25.9. The number of rotatable bonds is 6. The Kier molecular flexibility index (Phi) is 7.46. The number of thioether (sulfide) groups is 1. The zero-order valence-electron chi connectivity index (χ0n) is 20.2. The SMILES string of the molecule is CCOC(=O)C1=C(c2ccccc2)N=c2s/c(=C\c3ccc(Cl)cc3)c(=O)n2[C@@H]1c1ccc(SC)cc1. The molecule has 186 valence electrons. The van der Waals surface area contributed by atoms with Gasteiger partial charge in [0.1, 0.15) is 0 Å². The number of hydrogen-bond donors (Lipinski definition) is 0. The van der Waals surface area contributed by atoms with Gasteiger partial charge in [0.05, 0.1) is 28.5 Å². The number of halogens is 1. The van der Waals surface area contributed by atoms with Crippen LogP contribution >= 0.6 is 34.7 Å². The van der Waals surface area contributed by atoms with Crippen molar-refractivity contribution in [2.24, 2.45) is 4.99 Å². The number of carbonyl (C=O) groups excluding carboxylic acids is 1. The summed E-state index contributed by atoms with van der Waals surface area (Å²) >= 11 is 8.97. The van der Waals surface area contributed by atoms with Crippen molar-refractivity contribution in [1.29, 1.82) is 0 Å². The average molecular weight is 547 g/mol. The summed E-state index contributed by atoms with van der Waals surface area (Å²) in [5.74, 6) is -0.490. The second-order valence-corrected chi connectivity index (χ2v) is 10.6. The fraction of sp³-hybridized carbons (Fsp3) is 0.138. The number of hydrogen-bond acceptors (Lipinski definition) is 6. The number of carbonyl (C=O) groups is 1. The Morgan fingerprint density at radius 2 is 1.78 bits per heavy atom. The summed E-state index contributed by atoms with van der Waals surface area (Å²) in [6.07, 6.45) is 3.83. The number of benzene rings is 3. The van der Waals surface area contributed by atoms with Gasteiger partial charge in [-0.15, -0.1) is 11.8 Å². The van der Waals surface area contributed by atoms with Crippen LogP contribution in [0.15, 0.2) is 99.1 Å². The van der Waals surface area contributed by atoms with E-state index in [2.05, 4.69) is 0 Å². The van der Waals surface area contributed by atoms with Crippen LogP contribution in [0, 0.1) is 0 Å². The van der Waals surface area contributed by atoms with Gasteiger partial charge in [0, 0.05) is 15.5 Å². The maximum atomic E-state index is 13.8. The van der Waals surface area contributed by atoms with E-state index in [1.165, 1.54) is 11.3 Å². The van der Waals surface area contributed by atoms with E-state index in [-0.39, 0.29) is 12.2 Å². The standard InChI is InChI=1S/C29H23ClN2O3S2/c1-3-35-28(34)24-25(19-7-5-4-6-8-19)31-29-32(26(24)20-11-15-22(36-2)16-12-20)27(33)23(37-29)17-18-9-13-21(30)14-10-18/h4-17,26H,3H2,1-2H3/b23-17-/t26-/m1/s1. The Balaban J connectivity index is 1.81. The summed E-state index contributed by atoms with van der Waals surface area (Å²) in [5, 5.41) is 0.624. The number of aromatic nitrogens is 1. The molecule has 0 fully saturated rings. The zero-order valence-corrected chi connectivity index (χ0v) is 22.6. The van der Waals surface area contributed by atoms with E-state index in [9.17, 15) is 9.59 Å². The third kappa shape index (κ3) is 5.07. The molecule has 0 amide bonds. The molecule has 1 atom stereocenters. The van der Waals surface area contributed by atoms with E-state index in [0.717, 1.165) is 21.6 Å². The van der Waals surface area contributed by atoms with Crippen molar-refractivity contribution in [3.8, 4) is 0 Å². The van der Waals surface area contributed by atoms with E-state index in [1.54, 1.807) is 35.4 Å². The van der Waals surface area contributed by atoms with Crippen molar-refractivity contribution < 1.29 is 9.53 Å². The first kappa shape index (κ1) is 25.3. The molecule has 5 nitrogen and oxygen atoms in total. The molecular weight excluding hydrogens is 524 g/mol. The van der Waals surface area contributed by atoms with Gasteiger partial charge in [-0.2, -0.15) is 0 Å². The molecular formula is C29H23ClN2O3S2. The van der Waals surface area contributed by atoms with Gasteiger partial charge in [-0.1, -0.05) is 77.5 Å². The minimum Gasteiger partial charge on any atom is -0.463 e. The molecule has 0 unspecified atom stereocenters. The van der Waals surface area contributed by atoms with Gasteiger partial charge in [0.2, 0.25) is 0 Å². The fourth-order valence-electron chi connectivity index (χ4n) is 4.25. The maximum Gasteiger partial charge on any atom is 0.338 e. The van der Waals surface area contributed by atoms with E-state index < -0.39 is 12.0 Å². The lowest BCUT2D eigenvalue weighted by atomic mass is 9.93. The van der Waals surface area contributed by atoms with Gasteiger partial charge in [-0.25, -0.2) is 9.79 Å². The van der Waals surface area contributed by atoms with Gasteiger partial charge < -0.3 is 4.74 Å². The van der Waals surface area contributed by atoms with Gasteiger partial charge in [-0.05, 0) is 54.6 Å². The maximum absolute atomic E-state index is 13.8. The smallest absolute Gasteiger partial charge is 0.338 e. The lowest BCUT2D eigenvalue weighted by molar-refractivity contribution is -0.138. The van der Waals surface area contributed by atoms with Crippen LogP contribution in [-0.2, 0) is 9.53 Å². The lowest BCUT2D eigenvalue weighted by Gasteiger charge is -2.26. The molecule has 0 radical (unpaired) electrons. The molecule has 0 N–H and O–H groups in total. The van der Waals surface area contributed by atoms with Crippen LogP contribution in [0.5, 0.6) is 0 Å². The average Bonchev–Trinajstić information content (AvgIpc) is 3.24. The van der Waals surface area contributed by atoms with Crippen LogP contribution in [0.2, 0.25) is 5.02 Å². The van der Waals surface area contributed by atoms with Crippen LogP contribution in [0.25, 0.3) is 11.8 Å². The summed E-state index contributed by atoms with van der Waals surface area (Å²) in [6, 6.07) is 24.0. The Morgan fingerprint density at radius 1 is 1.08 bits per heavy atom. The molecule has 0 saturated heterocycles. The molecule has 4 aromatic rings. The van der Waals surface area contributed by atoms with Crippen LogP contribution < -0.4 is 14.9 Å². The number of esters is 1. The predicted molar refractivity (Wildman–Crippen MR) is 151 cm³/mol. The third-order valence-corrected chi connectivity index (χ3v) is 7.95. The van der Waals surface area contributed by atoms with Crippen molar-refractivity contribution in [3.05, 3.63) is 126 Å². The molecule has 5 rings (SSSR count). The molecule has 0 saturated carbocycles. The van der Waals surface area contributed by atoms with E-state index in [0.29, 0.717) is 25.6 Å². The highest BCUT2D eigenvalue weighted by molar-refractivity contribution is 7.98. The number of ether oxygens (including phenoxy) is 1. The van der Waals surface area contributed by atoms with Crippen LogP contribution in [0.4, 0.5) is 0 Å². The highest BCUT2D eigenvalue weighted by atomic mass is 35.5. The lowest BCUT2D eigenvalue weighted by Crippen LogP contribution is -2.40. The number of thiazole rings is 1. The summed E-state index contributed by atoms with van der Waals surface area (Å²) < 4.78 is 7.63. The van der Waals surface area contributed by atoms with Gasteiger partial charge >= 0.3 is 5.97 Å². The molecule has 0 aliphatic carbocycles. The first-order valence-corrected chi connectivity index (χ1v) is 14.1. The first-order valence-electron chi connectivity index (χ1n) is 11.7. The minimum absolute atomic E-state index is 0.212. The summed E-state index contributed by atoms with van der Waals surface area (Å²) in [7, 11) is 0. The van der Waals surface area contributed by atoms with Crippen LogP contribution in [0.3, 0.4) is 0 Å². The largest absolute Gasteiger partial charge is 0.463 e. The molecule has 1 aromatic heterocycles. The second kappa shape index (κ2) is 10.9. The molecule has 8 heteroatoms. The summed E-state index contributed by atoms with van der Waals surface area (Å²) in [4.78, 5) is 33.8. The van der Waals surface area contributed by atoms with Gasteiger partial charge in [0.15, 0.2) is 4.80 Å². The molecule has 1 aliphatic rings. The van der Waals surface area contributed by atoms with Crippen molar-refractivity contribution in [2.75, 3.05) is 12.9 Å². The van der Waals surface area contributed by atoms with Crippen molar-refractivity contribution in [1.82, 2.24) is 4.57 Å². The second-order valence-electron chi connectivity index (χ2n) is 8.26. The third-order valence-electron chi connectivity index (χ3n) is 5.97. The Bertz CT molecular complexity index is 1660. The topological polar surface area (TPSA) is 60.7 Å². The Morgan fingerprint density at radius 3 is 2.43 bits per heavy atom. The van der Waals surface area contributed by atoms with Crippen LogP contribution in [-0.4, -0.2) is 23.4 Å². The van der Waals surface area contributed by atoms with Crippen molar-refractivity contribution in [2.45, 2.75) is 17.9 Å². The predicted octanol–water partition coefficient (Wildman–Crippen LogP) is 5.31. The Hall–Kier alpha value is -3.39. The quantitative estimate of drug-likeness (QED) is 0.243. The molecule has 0 spiro atoms. The Labute approximate surface area is 227 Å². The monoisotopic (exact) mass is 546 g/mol. The minimum atomic E-state index is -0.686.